The maximum atomic E-state index is 12.2. The number of rotatable bonds is 6. The van der Waals surface area contributed by atoms with Crippen molar-refractivity contribution in [3.63, 3.8) is 0 Å². The summed E-state index contributed by atoms with van der Waals surface area (Å²) in [5.41, 5.74) is 1.58. The number of nitrogens with one attached hydrogen (secondary N) is 2. The minimum atomic E-state index is -0.293. The molecular weight excluding hydrogens is 328 g/mol. The smallest absolute Gasteiger partial charge is 0.319 e. The van der Waals surface area contributed by atoms with Gasteiger partial charge in [0.15, 0.2) is 11.5 Å². The predicted molar refractivity (Wildman–Crippen MR) is 96.2 cm³/mol. The molecule has 24 heavy (non-hydrogen) atoms. The molecule has 0 aromatic heterocycles. The van der Waals surface area contributed by atoms with Crippen molar-refractivity contribution in [2.75, 3.05) is 19.5 Å². The number of amides is 2. The topological polar surface area (TPSA) is 59.6 Å². The van der Waals surface area contributed by atoms with E-state index in [1.165, 1.54) is 0 Å². The van der Waals surface area contributed by atoms with Gasteiger partial charge in [0.2, 0.25) is 0 Å². The number of methoxy groups -OCH3 is 2. The Morgan fingerprint density at radius 2 is 1.88 bits per heavy atom. The van der Waals surface area contributed by atoms with E-state index >= 15 is 0 Å². The Kier molecular flexibility index (Phi) is 6.32. The second-order valence-corrected chi connectivity index (χ2v) is 5.62. The monoisotopic (exact) mass is 348 g/mol. The minimum absolute atomic E-state index is 0.149. The van der Waals surface area contributed by atoms with Crippen molar-refractivity contribution in [3.05, 3.63) is 53.1 Å². The summed E-state index contributed by atoms with van der Waals surface area (Å²) in [6, 6.07) is 12.2. The van der Waals surface area contributed by atoms with E-state index in [0.717, 1.165) is 12.0 Å². The van der Waals surface area contributed by atoms with Crippen LogP contribution in [0.2, 0.25) is 5.02 Å². The summed E-state index contributed by atoms with van der Waals surface area (Å²) >= 11 is 5.92. The van der Waals surface area contributed by atoms with Crippen LogP contribution in [0.15, 0.2) is 42.5 Å². The predicted octanol–water partition coefficient (Wildman–Crippen LogP) is 4.63. The quantitative estimate of drug-likeness (QED) is 0.800. The van der Waals surface area contributed by atoms with Crippen LogP contribution in [0.5, 0.6) is 11.5 Å². The van der Waals surface area contributed by atoms with Gasteiger partial charge in [-0.15, -0.1) is 0 Å². The summed E-state index contributed by atoms with van der Waals surface area (Å²) in [6.45, 7) is 2.00. The first-order valence-electron chi connectivity index (χ1n) is 7.62. The van der Waals surface area contributed by atoms with Crippen molar-refractivity contribution in [2.24, 2.45) is 0 Å². The number of hydrogen-bond acceptors (Lipinski definition) is 3. The standard InChI is InChI=1S/C18H21ClN2O3/c1-4-15(12-8-9-16(23-2)17(10-12)24-3)21-18(22)20-14-7-5-6-13(19)11-14/h5-11,15H,4H2,1-3H3,(H2,20,21,22). The maximum Gasteiger partial charge on any atom is 0.319 e. The van der Waals surface area contributed by atoms with Crippen LogP contribution in [0.1, 0.15) is 24.9 Å². The van der Waals surface area contributed by atoms with E-state index in [4.69, 9.17) is 21.1 Å². The molecule has 6 heteroatoms. The molecule has 0 aliphatic carbocycles. The second-order valence-electron chi connectivity index (χ2n) is 5.18. The highest BCUT2D eigenvalue weighted by Crippen LogP contribution is 2.30. The van der Waals surface area contributed by atoms with Crippen molar-refractivity contribution < 1.29 is 14.3 Å². The van der Waals surface area contributed by atoms with Crippen LogP contribution in [-0.2, 0) is 0 Å². The molecule has 0 aliphatic heterocycles. The third kappa shape index (κ3) is 4.55. The summed E-state index contributed by atoms with van der Waals surface area (Å²) in [5.74, 6) is 1.28. The molecule has 0 aliphatic rings. The number of urea groups is 1. The molecule has 1 atom stereocenters. The van der Waals surface area contributed by atoms with Crippen LogP contribution >= 0.6 is 11.6 Å². The summed E-state index contributed by atoms with van der Waals surface area (Å²) in [7, 11) is 3.17. The molecule has 0 heterocycles. The second kappa shape index (κ2) is 8.45. The van der Waals surface area contributed by atoms with Crippen LogP contribution < -0.4 is 20.1 Å². The van der Waals surface area contributed by atoms with E-state index in [0.29, 0.717) is 22.2 Å². The Bertz CT molecular complexity index is 706. The first-order chi connectivity index (χ1) is 11.6. The summed E-state index contributed by atoms with van der Waals surface area (Å²) in [5, 5.41) is 6.30. The zero-order valence-electron chi connectivity index (χ0n) is 13.9. The molecule has 0 bridgehead atoms. The van der Waals surface area contributed by atoms with E-state index in [1.54, 1.807) is 38.5 Å². The van der Waals surface area contributed by atoms with E-state index in [-0.39, 0.29) is 12.1 Å². The number of benzene rings is 2. The highest BCUT2D eigenvalue weighted by Gasteiger charge is 2.15. The van der Waals surface area contributed by atoms with Gasteiger partial charge in [0.25, 0.3) is 0 Å². The van der Waals surface area contributed by atoms with Crippen molar-refractivity contribution in [3.8, 4) is 11.5 Å². The third-order valence-electron chi connectivity index (χ3n) is 3.61. The number of carbonyl (C=O) groups is 1. The Labute approximate surface area is 146 Å². The molecule has 0 saturated carbocycles. The first kappa shape index (κ1) is 17.9. The molecule has 2 amide bonds. The fraction of sp³-hybridized carbons (Fsp3) is 0.278. The van der Waals surface area contributed by atoms with Gasteiger partial charge in [-0.25, -0.2) is 4.79 Å². The van der Waals surface area contributed by atoms with E-state index < -0.39 is 0 Å². The summed E-state index contributed by atoms with van der Waals surface area (Å²) in [6.07, 6.45) is 0.735. The zero-order chi connectivity index (χ0) is 17.5. The average molecular weight is 349 g/mol. The summed E-state index contributed by atoms with van der Waals surface area (Å²) < 4.78 is 10.6. The van der Waals surface area contributed by atoms with Gasteiger partial charge in [0.05, 0.1) is 20.3 Å². The zero-order valence-corrected chi connectivity index (χ0v) is 14.7. The molecular formula is C18H21ClN2O3. The van der Waals surface area contributed by atoms with Gasteiger partial charge < -0.3 is 20.1 Å². The largest absolute Gasteiger partial charge is 0.493 e. The number of hydrogen-bond donors (Lipinski definition) is 2. The first-order valence-corrected chi connectivity index (χ1v) is 8.00. The van der Waals surface area contributed by atoms with Gasteiger partial charge in [-0.3, -0.25) is 0 Å². The highest BCUT2D eigenvalue weighted by molar-refractivity contribution is 6.30. The number of anilines is 1. The van der Waals surface area contributed by atoms with Gasteiger partial charge in [-0.05, 0) is 42.3 Å². The molecule has 0 spiro atoms. The van der Waals surface area contributed by atoms with Crippen LogP contribution in [0.4, 0.5) is 10.5 Å². The van der Waals surface area contributed by atoms with Gasteiger partial charge in [-0.2, -0.15) is 0 Å². The minimum Gasteiger partial charge on any atom is -0.493 e. The molecule has 128 valence electrons. The van der Waals surface area contributed by atoms with Crippen molar-refractivity contribution in [1.29, 1.82) is 0 Å². The van der Waals surface area contributed by atoms with Gasteiger partial charge in [0, 0.05) is 10.7 Å². The Hall–Kier alpha value is -2.40. The van der Waals surface area contributed by atoms with Crippen LogP contribution in [0.25, 0.3) is 0 Å². The van der Waals surface area contributed by atoms with Crippen LogP contribution in [0.3, 0.4) is 0 Å². The normalized spacial score (nSPS) is 11.5. The molecule has 0 radical (unpaired) electrons. The number of halogens is 1. The lowest BCUT2D eigenvalue weighted by molar-refractivity contribution is 0.248. The fourth-order valence-corrected chi connectivity index (χ4v) is 2.57. The van der Waals surface area contributed by atoms with Gasteiger partial charge >= 0.3 is 6.03 Å². The van der Waals surface area contributed by atoms with Crippen molar-refractivity contribution in [1.82, 2.24) is 5.32 Å². The lowest BCUT2D eigenvalue weighted by Gasteiger charge is -2.19. The lowest BCUT2D eigenvalue weighted by atomic mass is 10.0. The number of ether oxygens (including phenoxy) is 2. The highest BCUT2D eigenvalue weighted by atomic mass is 35.5. The van der Waals surface area contributed by atoms with Crippen molar-refractivity contribution >= 4 is 23.3 Å². The average Bonchev–Trinajstić information content (AvgIpc) is 2.59. The summed E-state index contributed by atoms with van der Waals surface area (Å²) in [4.78, 5) is 12.2. The molecule has 2 rings (SSSR count). The fourth-order valence-electron chi connectivity index (χ4n) is 2.38. The van der Waals surface area contributed by atoms with Crippen LogP contribution in [-0.4, -0.2) is 20.3 Å². The Balaban J connectivity index is 2.09. The molecule has 2 aromatic rings. The van der Waals surface area contributed by atoms with Crippen LogP contribution in [0, 0.1) is 0 Å². The Morgan fingerprint density at radius 3 is 2.50 bits per heavy atom. The molecule has 0 fully saturated rings. The lowest BCUT2D eigenvalue weighted by Crippen LogP contribution is -2.32. The van der Waals surface area contributed by atoms with E-state index in [9.17, 15) is 4.79 Å². The number of carbonyl (C=O) groups excluding carboxylic acids is 1. The van der Waals surface area contributed by atoms with Crippen molar-refractivity contribution in [2.45, 2.75) is 19.4 Å². The maximum absolute atomic E-state index is 12.2. The molecule has 0 saturated heterocycles. The van der Waals surface area contributed by atoms with Gasteiger partial charge in [0.1, 0.15) is 0 Å². The van der Waals surface area contributed by atoms with E-state index in [1.807, 2.05) is 25.1 Å². The van der Waals surface area contributed by atoms with Gasteiger partial charge in [-0.1, -0.05) is 30.7 Å². The van der Waals surface area contributed by atoms with E-state index in [2.05, 4.69) is 10.6 Å². The Morgan fingerprint density at radius 1 is 1.12 bits per heavy atom. The third-order valence-corrected chi connectivity index (χ3v) is 3.84. The SMILES string of the molecule is CCC(NC(=O)Nc1cccc(Cl)c1)c1ccc(OC)c(OC)c1. The molecule has 2 N–H and O–H groups in total. The molecule has 2 aromatic carbocycles. The molecule has 1 unspecified atom stereocenters. The molecule has 5 nitrogen and oxygen atoms in total.